The minimum atomic E-state index is -0.0568. The molecule has 2 heterocycles. The number of hydrogen-bond acceptors (Lipinski definition) is 3. The zero-order valence-corrected chi connectivity index (χ0v) is 13.4. The molecule has 2 aromatic rings. The highest BCUT2D eigenvalue weighted by atomic mass is 16.1. The zero-order valence-electron chi connectivity index (χ0n) is 13.4. The molecule has 0 bridgehead atoms. The van der Waals surface area contributed by atoms with Gasteiger partial charge in [0.1, 0.15) is 5.82 Å². The molecule has 0 unspecified atom stereocenters. The Kier molecular flexibility index (Phi) is 5.25. The molecule has 1 aliphatic rings. The maximum absolute atomic E-state index is 12.2. The lowest BCUT2D eigenvalue weighted by Crippen LogP contribution is -2.30. The number of benzene rings is 1. The molecule has 0 atom stereocenters. The van der Waals surface area contributed by atoms with E-state index >= 15 is 0 Å². The topological polar surface area (TPSA) is 45.2 Å². The Morgan fingerprint density at radius 1 is 1.04 bits per heavy atom. The summed E-state index contributed by atoms with van der Waals surface area (Å²) in [5, 5.41) is 2.95. The average Bonchev–Trinajstić information content (AvgIpc) is 2.63. The van der Waals surface area contributed by atoms with E-state index in [0.29, 0.717) is 12.1 Å². The number of carbonyl (C=O) groups is 1. The molecule has 0 radical (unpaired) electrons. The predicted octanol–water partition coefficient (Wildman–Crippen LogP) is 3.04. The molecular formula is C19H23N3O. The molecular weight excluding hydrogens is 286 g/mol. The third-order valence-corrected chi connectivity index (χ3v) is 4.23. The van der Waals surface area contributed by atoms with Crippen molar-refractivity contribution in [2.75, 3.05) is 24.5 Å². The van der Waals surface area contributed by atoms with Gasteiger partial charge in [-0.05, 0) is 43.4 Å². The van der Waals surface area contributed by atoms with Gasteiger partial charge in [0.25, 0.3) is 5.91 Å². The fraction of sp³-hybridized carbons (Fsp3) is 0.368. The molecule has 1 N–H and O–H groups in total. The fourth-order valence-electron chi connectivity index (χ4n) is 2.90. The number of nitrogens with one attached hydrogen (secondary N) is 1. The summed E-state index contributed by atoms with van der Waals surface area (Å²) in [5.74, 6) is 0.921. The largest absolute Gasteiger partial charge is 0.357 e. The normalized spacial score (nSPS) is 14.5. The lowest BCUT2D eigenvalue weighted by Gasteiger charge is -2.27. The minimum Gasteiger partial charge on any atom is -0.357 e. The first kappa shape index (κ1) is 15.5. The number of nitrogens with zero attached hydrogens (tertiary/aromatic N) is 2. The van der Waals surface area contributed by atoms with Crippen LogP contribution in [0.1, 0.15) is 35.2 Å². The first-order valence-electron chi connectivity index (χ1n) is 8.36. The molecule has 0 aliphatic carbocycles. The van der Waals surface area contributed by atoms with Crippen LogP contribution in [0.2, 0.25) is 0 Å². The van der Waals surface area contributed by atoms with Gasteiger partial charge >= 0.3 is 0 Å². The second kappa shape index (κ2) is 7.77. The number of amides is 1. The summed E-state index contributed by atoms with van der Waals surface area (Å²) in [6.07, 6.45) is 6.28. The molecule has 1 aromatic carbocycles. The predicted molar refractivity (Wildman–Crippen MR) is 92.8 cm³/mol. The summed E-state index contributed by atoms with van der Waals surface area (Å²) in [4.78, 5) is 18.9. The van der Waals surface area contributed by atoms with Gasteiger partial charge in [-0.3, -0.25) is 4.79 Å². The van der Waals surface area contributed by atoms with E-state index in [1.807, 2.05) is 30.3 Å². The Balaban J connectivity index is 1.51. The van der Waals surface area contributed by atoms with E-state index in [9.17, 15) is 4.79 Å². The van der Waals surface area contributed by atoms with Crippen LogP contribution in [0.25, 0.3) is 0 Å². The van der Waals surface area contributed by atoms with Crippen molar-refractivity contribution in [3.63, 3.8) is 0 Å². The van der Waals surface area contributed by atoms with E-state index in [0.717, 1.165) is 25.3 Å². The van der Waals surface area contributed by atoms with Gasteiger partial charge in [-0.25, -0.2) is 4.98 Å². The smallest absolute Gasteiger partial charge is 0.252 e. The van der Waals surface area contributed by atoms with E-state index in [1.165, 1.54) is 24.8 Å². The number of carbonyl (C=O) groups excluding carboxylic acids is 1. The van der Waals surface area contributed by atoms with Gasteiger partial charge in [0, 0.05) is 25.8 Å². The van der Waals surface area contributed by atoms with Crippen LogP contribution < -0.4 is 10.2 Å². The van der Waals surface area contributed by atoms with Crippen molar-refractivity contribution < 1.29 is 4.79 Å². The summed E-state index contributed by atoms with van der Waals surface area (Å²) in [7, 11) is 0. The average molecular weight is 309 g/mol. The highest BCUT2D eigenvalue weighted by Gasteiger charge is 2.13. The molecule has 23 heavy (non-hydrogen) atoms. The molecule has 4 nitrogen and oxygen atoms in total. The molecule has 1 amide bonds. The Hall–Kier alpha value is -2.36. The maximum Gasteiger partial charge on any atom is 0.252 e. The van der Waals surface area contributed by atoms with Gasteiger partial charge in [-0.2, -0.15) is 0 Å². The SMILES string of the molecule is O=C(NCCc1ccccc1)c1ccc(N2CCCCC2)nc1. The number of pyridine rings is 1. The number of piperidine rings is 1. The standard InChI is InChI=1S/C19H23N3O/c23-19(20-12-11-16-7-3-1-4-8-16)17-9-10-18(21-15-17)22-13-5-2-6-14-22/h1,3-4,7-10,15H,2,5-6,11-14H2,(H,20,23). The van der Waals surface area contributed by atoms with Crippen molar-refractivity contribution in [3.8, 4) is 0 Å². The summed E-state index contributed by atoms with van der Waals surface area (Å²) >= 11 is 0. The van der Waals surface area contributed by atoms with Gasteiger partial charge in [0.2, 0.25) is 0 Å². The van der Waals surface area contributed by atoms with Crippen molar-refractivity contribution >= 4 is 11.7 Å². The van der Waals surface area contributed by atoms with Crippen LogP contribution in [0, 0.1) is 0 Å². The van der Waals surface area contributed by atoms with E-state index in [1.54, 1.807) is 6.20 Å². The van der Waals surface area contributed by atoms with Crippen LogP contribution in [0.15, 0.2) is 48.7 Å². The van der Waals surface area contributed by atoms with Gasteiger partial charge in [-0.15, -0.1) is 0 Å². The summed E-state index contributed by atoms with van der Waals surface area (Å²) in [6.45, 7) is 2.77. The van der Waals surface area contributed by atoms with Crippen LogP contribution in [0.5, 0.6) is 0 Å². The molecule has 1 aliphatic heterocycles. The van der Waals surface area contributed by atoms with Crippen LogP contribution in [-0.2, 0) is 6.42 Å². The second-order valence-electron chi connectivity index (χ2n) is 5.94. The van der Waals surface area contributed by atoms with Crippen molar-refractivity contribution in [1.82, 2.24) is 10.3 Å². The highest BCUT2D eigenvalue weighted by molar-refractivity contribution is 5.94. The molecule has 0 saturated carbocycles. The van der Waals surface area contributed by atoms with Gasteiger partial charge in [-0.1, -0.05) is 30.3 Å². The van der Waals surface area contributed by atoms with Gasteiger partial charge in [0.05, 0.1) is 5.56 Å². The van der Waals surface area contributed by atoms with Gasteiger partial charge < -0.3 is 10.2 Å². The quantitative estimate of drug-likeness (QED) is 0.923. The maximum atomic E-state index is 12.2. The molecule has 4 heteroatoms. The van der Waals surface area contributed by atoms with Crippen molar-refractivity contribution in [2.24, 2.45) is 0 Å². The first-order chi connectivity index (χ1) is 11.3. The minimum absolute atomic E-state index is 0.0568. The summed E-state index contributed by atoms with van der Waals surface area (Å²) in [6, 6.07) is 14.0. The Bertz CT molecular complexity index is 619. The Morgan fingerprint density at radius 3 is 2.52 bits per heavy atom. The molecule has 120 valence electrons. The Morgan fingerprint density at radius 2 is 1.83 bits per heavy atom. The fourth-order valence-corrected chi connectivity index (χ4v) is 2.90. The Labute approximate surface area is 137 Å². The van der Waals surface area contributed by atoms with Crippen LogP contribution in [-0.4, -0.2) is 30.5 Å². The number of hydrogen-bond donors (Lipinski definition) is 1. The number of rotatable bonds is 5. The lowest BCUT2D eigenvalue weighted by atomic mass is 10.1. The monoisotopic (exact) mass is 309 g/mol. The molecule has 1 aromatic heterocycles. The third kappa shape index (κ3) is 4.31. The van der Waals surface area contributed by atoms with E-state index < -0.39 is 0 Å². The van der Waals surface area contributed by atoms with E-state index in [2.05, 4.69) is 27.3 Å². The van der Waals surface area contributed by atoms with E-state index in [4.69, 9.17) is 0 Å². The second-order valence-corrected chi connectivity index (χ2v) is 5.94. The first-order valence-corrected chi connectivity index (χ1v) is 8.36. The molecule has 0 spiro atoms. The number of aromatic nitrogens is 1. The summed E-state index contributed by atoms with van der Waals surface area (Å²) in [5.41, 5.74) is 1.85. The molecule has 1 saturated heterocycles. The van der Waals surface area contributed by atoms with Crippen LogP contribution in [0.3, 0.4) is 0 Å². The zero-order chi connectivity index (χ0) is 15.9. The molecule has 3 rings (SSSR count). The highest BCUT2D eigenvalue weighted by Crippen LogP contribution is 2.17. The van der Waals surface area contributed by atoms with Crippen molar-refractivity contribution in [2.45, 2.75) is 25.7 Å². The van der Waals surface area contributed by atoms with Crippen LogP contribution >= 0.6 is 0 Å². The lowest BCUT2D eigenvalue weighted by molar-refractivity contribution is 0.0954. The van der Waals surface area contributed by atoms with Crippen LogP contribution in [0.4, 0.5) is 5.82 Å². The van der Waals surface area contributed by atoms with Crippen molar-refractivity contribution in [3.05, 3.63) is 59.8 Å². The molecule has 1 fully saturated rings. The summed E-state index contributed by atoms with van der Waals surface area (Å²) < 4.78 is 0. The number of anilines is 1. The van der Waals surface area contributed by atoms with Crippen molar-refractivity contribution in [1.29, 1.82) is 0 Å². The van der Waals surface area contributed by atoms with Gasteiger partial charge in [0.15, 0.2) is 0 Å². The third-order valence-electron chi connectivity index (χ3n) is 4.23. The van der Waals surface area contributed by atoms with E-state index in [-0.39, 0.29) is 5.91 Å².